The molecule has 3 aromatic carbocycles. The molecule has 0 spiro atoms. The summed E-state index contributed by atoms with van der Waals surface area (Å²) in [4.78, 5) is 37.9. The Morgan fingerprint density at radius 1 is 1.00 bits per heavy atom. The van der Waals surface area contributed by atoms with Crippen LogP contribution in [0.1, 0.15) is 25.0 Å². The second-order valence-corrected chi connectivity index (χ2v) is 11.8. The zero-order chi connectivity index (χ0) is 29.0. The van der Waals surface area contributed by atoms with E-state index in [0.29, 0.717) is 26.9 Å². The zero-order valence-corrected chi connectivity index (χ0v) is 24.3. The molecule has 1 fully saturated rings. The van der Waals surface area contributed by atoms with E-state index in [1.807, 2.05) is 0 Å². The van der Waals surface area contributed by atoms with Crippen molar-refractivity contribution in [3.05, 3.63) is 86.7 Å². The van der Waals surface area contributed by atoms with E-state index in [1.165, 1.54) is 49.4 Å². The second kappa shape index (κ2) is 12.3. The third kappa shape index (κ3) is 6.97. The van der Waals surface area contributed by atoms with Crippen LogP contribution >= 0.6 is 35.0 Å². The van der Waals surface area contributed by atoms with E-state index >= 15 is 0 Å². The van der Waals surface area contributed by atoms with Crippen LogP contribution in [-0.2, 0) is 26.3 Å². The Balaban J connectivity index is 1.54. The first-order chi connectivity index (χ1) is 19.0. The lowest BCUT2D eigenvalue weighted by Crippen LogP contribution is -2.27. The van der Waals surface area contributed by atoms with Crippen LogP contribution < -0.4 is 14.2 Å². The summed E-state index contributed by atoms with van der Waals surface area (Å²) in [5.74, 6) is -0.698. The van der Waals surface area contributed by atoms with Gasteiger partial charge in [-0.15, -0.1) is 0 Å². The summed E-state index contributed by atoms with van der Waals surface area (Å²) < 4.78 is 36.7. The van der Waals surface area contributed by atoms with Gasteiger partial charge in [0.15, 0.2) is 11.5 Å². The minimum absolute atomic E-state index is 0.0273. The average molecular weight is 622 g/mol. The maximum atomic E-state index is 13.0. The van der Waals surface area contributed by atoms with E-state index in [1.54, 1.807) is 31.2 Å². The standard InChI is InChI=1S/C27H22Cl2N2O7S2/c1-3-37-24-13-17(5-11-23(24)38-40(35,36)20-8-6-19(7-9-20)30-16(2)32)14-25-26(33)31(27(34)39-25)15-18-4-10-21(28)22(29)12-18/h4-14H,3,15H2,1-2H3,(H,30,32)/b25-14-. The van der Waals surface area contributed by atoms with Gasteiger partial charge in [0.2, 0.25) is 5.91 Å². The van der Waals surface area contributed by atoms with Crippen molar-refractivity contribution in [1.29, 1.82) is 0 Å². The molecule has 3 amide bonds. The first-order valence-corrected chi connectivity index (χ1v) is 14.7. The van der Waals surface area contributed by atoms with E-state index < -0.39 is 21.3 Å². The summed E-state index contributed by atoms with van der Waals surface area (Å²) in [7, 11) is -4.23. The van der Waals surface area contributed by atoms with Gasteiger partial charge in [-0.3, -0.25) is 19.3 Å². The van der Waals surface area contributed by atoms with Gasteiger partial charge in [-0.05, 0) is 84.4 Å². The summed E-state index contributed by atoms with van der Waals surface area (Å²) in [6, 6.07) is 14.8. The number of nitrogens with one attached hydrogen (secondary N) is 1. The predicted molar refractivity (Wildman–Crippen MR) is 154 cm³/mol. The normalized spacial score (nSPS) is 14.5. The quantitative estimate of drug-likeness (QED) is 0.217. The highest BCUT2D eigenvalue weighted by atomic mass is 35.5. The molecule has 0 unspecified atom stereocenters. The molecule has 4 rings (SSSR count). The van der Waals surface area contributed by atoms with Crippen LogP contribution in [0.2, 0.25) is 10.0 Å². The van der Waals surface area contributed by atoms with Crippen LogP contribution in [0.15, 0.2) is 70.5 Å². The lowest BCUT2D eigenvalue weighted by Gasteiger charge is -2.13. The van der Waals surface area contributed by atoms with E-state index in [0.717, 1.165) is 16.7 Å². The van der Waals surface area contributed by atoms with Gasteiger partial charge >= 0.3 is 10.1 Å². The van der Waals surface area contributed by atoms with Crippen molar-refractivity contribution in [2.24, 2.45) is 0 Å². The molecule has 13 heteroatoms. The van der Waals surface area contributed by atoms with Crippen LogP contribution in [-0.4, -0.2) is 37.0 Å². The van der Waals surface area contributed by atoms with Gasteiger partial charge in [-0.2, -0.15) is 8.42 Å². The van der Waals surface area contributed by atoms with Gasteiger partial charge < -0.3 is 14.2 Å². The summed E-state index contributed by atoms with van der Waals surface area (Å²) in [6.07, 6.45) is 1.52. The summed E-state index contributed by atoms with van der Waals surface area (Å²) in [5.41, 5.74) is 1.57. The number of hydrogen-bond acceptors (Lipinski definition) is 8. The average Bonchev–Trinajstić information content (AvgIpc) is 3.15. The van der Waals surface area contributed by atoms with E-state index in [9.17, 15) is 22.8 Å². The van der Waals surface area contributed by atoms with E-state index in [4.69, 9.17) is 32.1 Å². The third-order valence-electron chi connectivity index (χ3n) is 5.43. The van der Waals surface area contributed by atoms with Crippen LogP contribution in [0.25, 0.3) is 6.08 Å². The number of ether oxygens (including phenoxy) is 1. The van der Waals surface area contributed by atoms with Crippen molar-refractivity contribution in [3.63, 3.8) is 0 Å². The fraction of sp³-hybridized carbons (Fsp3) is 0.148. The molecule has 1 saturated heterocycles. The Morgan fingerprint density at radius 2 is 1.73 bits per heavy atom. The highest BCUT2D eigenvalue weighted by Crippen LogP contribution is 2.36. The lowest BCUT2D eigenvalue weighted by atomic mass is 10.1. The van der Waals surface area contributed by atoms with Crippen molar-refractivity contribution in [3.8, 4) is 11.5 Å². The Hall–Kier alpha value is -3.51. The van der Waals surface area contributed by atoms with Crippen molar-refractivity contribution in [2.75, 3.05) is 11.9 Å². The predicted octanol–water partition coefficient (Wildman–Crippen LogP) is 6.35. The van der Waals surface area contributed by atoms with Gasteiger partial charge in [-0.25, -0.2) is 0 Å². The monoisotopic (exact) mass is 620 g/mol. The summed E-state index contributed by atoms with van der Waals surface area (Å²) in [5, 5.41) is 2.80. The fourth-order valence-electron chi connectivity index (χ4n) is 3.63. The van der Waals surface area contributed by atoms with Gasteiger partial charge in [0, 0.05) is 12.6 Å². The Morgan fingerprint density at radius 3 is 2.38 bits per heavy atom. The number of nitrogens with zero attached hydrogens (tertiary/aromatic N) is 1. The highest BCUT2D eigenvalue weighted by molar-refractivity contribution is 8.18. The molecule has 0 atom stereocenters. The molecule has 3 aromatic rings. The number of hydrogen-bond donors (Lipinski definition) is 1. The molecule has 208 valence electrons. The molecular formula is C27H22Cl2N2O7S2. The third-order valence-corrected chi connectivity index (χ3v) is 8.32. The Bertz CT molecular complexity index is 1620. The minimum Gasteiger partial charge on any atom is -0.490 e. The molecule has 1 heterocycles. The molecule has 40 heavy (non-hydrogen) atoms. The SMILES string of the molecule is CCOc1cc(/C=C2\SC(=O)N(Cc3ccc(Cl)c(Cl)c3)C2=O)ccc1OS(=O)(=O)c1ccc(NC(C)=O)cc1. The number of imide groups is 1. The van der Waals surface area contributed by atoms with Crippen molar-refractivity contribution >= 4 is 73.9 Å². The van der Waals surface area contributed by atoms with Crippen molar-refractivity contribution in [2.45, 2.75) is 25.3 Å². The number of thioether (sulfide) groups is 1. The fourth-order valence-corrected chi connectivity index (χ4v) is 5.73. The molecule has 0 aliphatic carbocycles. The topological polar surface area (TPSA) is 119 Å². The molecule has 1 aliphatic rings. The second-order valence-electron chi connectivity index (χ2n) is 8.40. The molecule has 0 radical (unpaired) electrons. The maximum absolute atomic E-state index is 13.0. The smallest absolute Gasteiger partial charge is 0.339 e. The maximum Gasteiger partial charge on any atom is 0.339 e. The molecule has 0 aromatic heterocycles. The lowest BCUT2D eigenvalue weighted by molar-refractivity contribution is -0.123. The number of anilines is 1. The molecule has 9 nitrogen and oxygen atoms in total. The van der Waals surface area contributed by atoms with Crippen molar-refractivity contribution in [1.82, 2.24) is 4.90 Å². The van der Waals surface area contributed by atoms with Gasteiger partial charge in [0.1, 0.15) is 4.90 Å². The number of carbonyl (C=O) groups is 3. The van der Waals surface area contributed by atoms with Gasteiger partial charge in [0.25, 0.3) is 11.1 Å². The van der Waals surface area contributed by atoms with Gasteiger partial charge in [-0.1, -0.05) is 35.3 Å². The molecule has 0 saturated carbocycles. The van der Waals surface area contributed by atoms with Crippen LogP contribution in [0, 0.1) is 0 Å². The molecule has 0 bridgehead atoms. The highest BCUT2D eigenvalue weighted by Gasteiger charge is 2.35. The van der Waals surface area contributed by atoms with Crippen LogP contribution in [0.5, 0.6) is 11.5 Å². The van der Waals surface area contributed by atoms with E-state index in [2.05, 4.69) is 5.32 Å². The molecule has 1 aliphatic heterocycles. The van der Waals surface area contributed by atoms with Crippen molar-refractivity contribution < 1.29 is 31.7 Å². The summed E-state index contributed by atoms with van der Waals surface area (Å²) in [6.45, 7) is 3.31. The molecule has 1 N–H and O–H groups in total. The van der Waals surface area contributed by atoms with Crippen LogP contribution in [0.3, 0.4) is 0 Å². The first-order valence-electron chi connectivity index (χ1n) is 11.7. The van der Waals surface area contributed by atoms with Crippen LogP contribution in [0.4, 0.5) is 10.5 Å². The van der Waals surface area contributed by atoms with Gasteiger partial charge in [0.05, 0.1) is 28.1 Å². The zero-order valence-electron chi connectivity index (χ0n) is 21.1. The number of benzene rings is 3. The minimum atomic E-state index is -4.23. The number of rotatable bonds is 9. The largest absolute Gasteiger partial charge is 0.490 e. The number of halogens is 2. The van der Waals surface area contributed by atoms with E-state index in [-0.39, 0.29) is 40.4 Å². The Labute approximate surface area is 245 Å². The summed E-state index contributed by atoms with van der Waals surface area (Å²) >= 11 is 12.8. The number of amides is 3. The Kier molecular flexibility index (Phi) is 9.09. The molecular weight excluding hydrogens is 599 g/mol. The number of carbonyl (C=O) groups excluding carboxylic acids is 3. The first kappa shape index (κ1) is 29.5.